The molecule has 4 heteroatoms. The average molecular weight is 349 g/mol. The Bertz CT molecular complexity index is 403. The molecule has 0 bridgehead atoms. The van der Waals surface area contributed by atoms with Crippen LogP contribution in [-0.2, 0) is 14.3 Å². The second-order valence-corrected chi connectivity index (χ2v) is 11.7. The number of rotatable bonds is 9. The lowest BCUT2D eigenvalue weighted by Gasteiger charge is -2.29. The van der Waals surface area contributed by atoms with Gasteiger partial charge in [0.25, 0.3) is 10.1 Å². The first-order valence-corrected chi connectivity index (χ1v) is 10.7. The zero-order valence-corrected chi connectivity index (χ0v) is 17.7. The summed E-state index contributed by atoms with van der Waals surface area (Å²) < 4.78 is 27.8. The van der Waals surface area contributed by atoms with E-state index in [4.69, 9.17) is 4.18 Å². The van der Waals surface area contributed by atoms with Gasteiger partial charge in [0.1, 0.15) is 0 Å². The third-order valence-electron chi connectivity index (χ3n) is 3.91. The molecule has 0 aromatic heterocycles. The second kappa shape index (κ2) is 8.84. The van der Waals surface area contributed by atoms with E-state index in [0.29, 0.717) is 35.2 Å². The number of hydrogen-bond acceptors (Lipinski definition) is 3. The van der Waals surface area contributed by atoms with Gasteiger partial charge in [0, 0.05) is 0 Å². The van der Waals surface area contributed by atoms with Crippen LogP contribution in [0.3, 0.4) is 0 Å². The van der Waals surface area contributed by atoms with Gasteiger partial charge in [-0.05, 0) is 54.3 Å². The van der Waals surface area contributed by atoms with Crippen molar-refractivity contribution in [3.63, 3.8) is 0 Å². The zero-order valence-electron chi connectivity index (χ0n) is 16.9. The monoisotopic (exact) mass is 348 g/mol. The van der Waals surface area contributed by atoms with Crippen LogP contribution < -0.4 is 0 Å². The molecule has 0 saturated heterocycles. The van der Waals surface area contributed by atoms with Crippen LogP contribution in [0.2, 0.25) is 0 Å². The summed E-state index contributed by atoms with van der Waals surface area (Å²) in [4.78, 5) is 0. The van der Waals surface area contributed by atoms with E-state index in [0.717, 1.165) is 31.9 Å². The quantitative estimate of drug-likeness (QED) is 0.516. The molecule has 23 heavy (non-hydrogen) atoms. The normalized spacial score (nSPS) is 17.8. The largest absolute Gasteiger partial charge is 0.270 e. The van der Waals surface area contributed by atoms with Crippen molar-refractivity contribution in [3.8, 4) is 0 Å². The summed E-state index contributed by atoms with van der Waals surface area (Å²) in [6.07, 6.45) is 5.50. The Morgan fingerprint density at radius 3 is 1.43 bits per heavy atom. The van der Waals surface area contributed by atoms with Crippen molar-refractivity contribution in [2.45, 2.75) is 81.1 Å². The molecule has 0 aromatic carbocycles. The van der Waals surface area contributed by atoms with Gasteiger partial charge < -0.3 is 0 Å². The minimum atomic E-state index is -3.36. The van der Waals surface area contributed by atoms with Gasteiger partial charge in [0.05, 0.1) is 12.9 Å². The standard InChI is InChI=1S/C19H40O3S/c1-15(12-18(3,4)5)10-17(14-22-23(9,20)21)11-16(2)13-19(6,7)8/h15-17H,10-14H2,1-9H3. The molecule has 0 aliphatic rings. The second-order valence-electron chi connectivity index (χ2n) is 10.1. The maximum atomic E-state index is 11.3. The fraction of sp³-hybridized carbons (Fsp3) is 1.00. The van der Waals surface area contributed by atoms with Crippen LogP contribution in [0.5, 0.6) is 0 Å². The lowest BCUT2D eigenvalue weighted by Crippen LogP contribution is -2.22. The van der Waals surface area contributed by atoms with Crippen molar-refractivity contribution >= 4 is 10.1 Å². The Kier molecular flexibility index (Phi) is 8.81. The highest BCUT2D eigenvalue weighted by molar-refractivity contribution is 7.85. The van der Waals surface area contributed by atoms with Crippen molar-refractivity contribution in [1.82, 2.24) is 0 Å². The fourth-order valence-corrected chi connectivity index (χ4v) is 4.29. The van der Waals surface area contributed by atoms with E-state index in [-0.39, 0.29) is 0 Å². The minimum absolute atomic E-state index is 0.304. The minimum Gasteiger partial charge on any atom is -0.270 e. The molecular weight excluding hydrogens is 308 g/mol. The Morgan fingerprint density at radius 1 is 0.826 bits per heavy atom. The maximum absolute atomic E-state index is 11.3. The fourth-order valence-electron chi connectivity index (χ4n) is 3.85. The maximum Gasteiger partial charge on any atom is 0.264 e. The highest BCUT2D eigenvalue weighted by atomic mass is 32.2. The van der Waals surface area contributed by atoms with Gasteiger partial charge in [-0.3, -0.25) is 4.18 Å². The molecule has 2 atom stereocenters. The summed E-state index contributed by atoms with van der Waals surface area (Å²) in [7, 11) is -3.36. The summed E-state index contributed by atoms with van der Waals surface area (Å²) in [6, 6.07) is 0. The van der Waals surface area contributed by atoms with Crippen LogP contribution in [0, 0.1) is 28.6 Å². The molecule has 0 aliphatic carbocycles. The third-order valence-corrected chi connectivity index (χ3v) is 4.48. The Labute approximate surface area is 145 Å². The van der Waals surface area contributed by atoms with Gasteiger partial charge in [-0.2, -0.15) is 8.42 Å². The average Bonchev–Trinajstić information content (AvgIpc) is 2.18. The van der Waals surface area contributed by atoms with Crippen LogP contribution >= 0.6 is 0 Å². The third kappa shape index (κ3) is 15.2. The molecule has 140 valence electrons. The highest BCUT2D eigenvalue weighted by Crippen LogP contribution is 2.33. The SMILES string of the molecule is CC(CC(COS(C)(=O)=O)CC(C)CC(C)(C)C)CC(C)(C)C. The van der Waals surface area contributed by atoms with Crippen LogP contribution in [-0.4, -0.2) is 21.3 Å². The molecule has 3 nitrogen and oxygen atoms in total. The highest BCUT2D eigenvalue weighted by Gasteiger charge is 2.24. The Balaban J connectivity index is 4.74. The molecule has 0 spiro atoms. The van der Waals surface area contributed by atoms with E-state index in [1.165, 1.54) is 0 Å². The van der Waals surface area contributed by atoms with Gasteiger partial charge in [-0.25, -0.2) is 0 Å². The molecule has 0 fully saturated rings. The molecule has 0 rings (SSSR count). The lowest BCUT2D eigenvalue weighted by molar-refractivity contribution is 0.171. The first-order valence-electron chi connectivity index (χ1n) is 8.92. The van der Waals surface area contributed by atoms with E-state index in [1.54, 1.807) is 0 Å². The number of hydrogen-bond donors (Lipinski definition) is 0. The van der Waals surface area contributed by atoms with Crippen molar-refractivity contribution in [3.05, 3.63) is 0 Å². The molecule has 0 saturated carbocycles. The summed E-state index contributed by atoms with van der Waals surface area (Å²) in [6.45, 7) is 18.4. The van der Waals surface area contributed by atoms with Crippen LogP contribution in [0.15, 0.2) is 0 Å². The van der Waals surface area contributed by atoms with Gasteiger partial charge in [0.15, 0.2) is 0 Å². The molecule has 0 N–H and O–H groups in total. The molecule has 2 unspecified atom stereocenters. The summed E-state index contributed by atoms with van der Waals surface area (Å²) in [5.41, 5.74) is 0.608. The predicted octanol–water partition coefficient (Wildman–Crippen LogP) is 5.50. The molecular formula is C19H40O3S. The van der Waals surface area contributed by atoms with E-state index in [2.05, 4.69) is 55.4 Å². The Hall–Kier alpha value is -0.0900. The Morgan fingerprint density at radius 2 is 1.17 bits per heavy atom. The summed E-state index contributed by atoms with van der Waals surface area (Å²) in [5.74, 6) is 1.45. The molecule has 0 heterocycles. The van der Waals surface area contributed by atoms with E-state index < -0.39 is 10.1 Å². The first kappa shape index (κ1) is 22.9. The van der Waals surface area contributed by atoms with Gasteiger partial charge >= 0.3 is 0 Å². The zero-order chi connectivity index (χ0) is 18.5. The van der Waals surface area contributed by atoms with E-state index in [9.17, 15) is 8.42 Å². The predicted molar refractivity (Wildman–Crippen MR) is 100.0 cm³/mol. The lowest BCUT2D eigenvalue weighted by atomic mass is 9.77. The van der Waals surface area contributed by atoms with E-state index in [1.807, 2.05) is 0 Å². The van der Waals surface area contributed by atoms with Crippen molar-refractivity contribution in [1.29, 1.82) is 0 Å². The van der Waals surface area contributed by atoms with Gasteiger partial charge in [-0.1, -0.05) is 55.4 Å². The van der Waals surface area contributed by atoms with Gasteiger partial charge in [-0.15, -0.1) is 0 Å². The van der Waals surface area contributed by atoms with E-state index >= 15 is 0 Å². The summed E-state index contributed by atoms with van der Waals surface area (Å²) >= 11 is 0. The molecule has 0 aliphatic heterocycles. The molecule has 0 aromatic rings. The molecule has 0 radical (unpaired) electrons. The van der Waals surface area contributed by atoms with Crippen LogP contribution in [0.4, 0.5) is 0 Å². The van der Waals surface area contributed by atoms with Crippen molar-refractivity contribution in [2.24, 2.45) is 28.6 Å². The topological polar surface area (TPSA) is 43.4 Å². The smallest absolute Gasteiger partial charge is 0.264 e. The first-order chi connectivity index (χ1) is 10.1. The van der Waals surface area contributed by atoms with Gasteiger partial charge in [0.2, 0.25) is 0 Å². The molecule has 0 amide bonds. The van der Waals surface area contributed by atoms with Crippen LogP contribution in [0.25, 0.3) is 0 Å². The van der Waals surface area contributed by atoms with Crippen molar-refractivity contribution < 1.29 is 12.6 Å². The van der Waals surface area contributed by atoms with Crippen LogP contribution in [0.1, 0.15) is 81.1 Å². The van der Waals surface area contributed by atoms with Crippen molar-refractivity contribution in [2.75, 3.05) is 12.9 Å². The summed E-state index contributed by atoms with van der Waals surface area (Å²) in [5, 5.41) is 0.